The first-order valence-electron chi connectivity index (χ1n) is 6.08. The molecule has 1 amide bonds. The normalized spacial score (nSPS) is 21.3. The Morgan fingerprint density at radius 1 is 1.42 bits per heavy atom. The maximum atomic E-state index is 13.2. The number of carbonyl (C=O) groups is 1. The van der Waals surface area contributed by atoms with Gasteiger partial charge in [-0.25, -0.2) is 4.39 Å². The highest BCUT2D eigenvalue weighted by atomic mass is 19.1. The van der Waals surface area contributed by atoms with Gasteiger partial charge in [0.25, 0.3) is 5.91 Å². The van der Waals surface area contributed by atoms with Crippen LogP contribution in [-0.2, 0) is 4.79 Å². The fourth-order valence-electron chi connectivity index (χ4n) is 2.20. The van der Waals surface area contributed by atoms with Gasteiger partial charge >= 0.3 is 0 Å². The Morgan fingerprint density at radius 2 is 2.26 bits per heavy atom. The van der Waals surface area contributed by atoms with E-state index >= 15 is 0 Å². The van der Waals surface area contributed by atoms with Gasteiger partial charge in [-0.15, -0.1) is 0 Å². The number of nitrogens with one attached hydrogen (secondary N) is 1. The van der Waals surface area contributed by atoms with E-state index in [4.69, 9.17) is 0 Å². The van der Waals surface area contributed by atoms with Gasteiger partial charge in [0.1, 0.15) is 11.7 Å². The van der Waals surface area contributed by atoms with Gasteiger partial charge in [0.2, 0.25) is 6.17 Å². The molecule has 0 spiro atoms. The van der Waals surface area contributed by atoms with Gasteiger partial charge in [-0.3, -0.25) is 15.1 Å². The molecule has 1 unspecified atom stereocenters. The van der Waals surface area contributed by atoms with Crippen LogP contribution >= 0.6 is 0 Å². The van der Waals surface area contributed by atoms with E-state index in [9.17, 15) is 9.18 Å². The predicted octanol–water partition coefficient (Wildman–Crippen LogP) is 1.60. The van der Waals surface area contributed by atoms with Crippen LogP contribution in [0, 0.1) is 5.82 Å². The maximum absolute atomic E-state index is 13.2. The van der Waals surface area contributed by atoms with Crippen molar-refractivity contribution in [1.29, 1.82) is 0 Å². The minimum Gasteiger partial charge on any atom is -0.303 e. The Labute approximate surface area is 110 Å². The van der Waals surface area contributed by atoms with E-state index in [2.05, 4.69) is 10.5 Å². The molecular weight excluding hydrogens is 247 g/mol. The number of amides is 1. The van der Waals surface area contributed by atoms with Crippen LogP contribution in [0.15, 0.2) is 41.8 Å². The van der Waals surface area contributed by atoms with E-state index in [0.29, 0.717) is 5.69 Å². The Morgan fingerprint density at radius 3 is 3.00 bits per heavy atom. The SMILES string of the molecule is CCC1=NNC2C(=O)N(c3cccc(F)c3)C=CN12. The lowest BCUT2D eigenvalue weighted by molar-refractivity contribution is -0.122. The summed E-state index contributed by atoms with van der Waals surface area (Å²) in [5, 5.41) is 4.11. The number of benzene rings is 1. The molecule has 6 heteroatoms. The Bertz CT molecular complexity index is 584. The molecular formula is C13H13FN4O. The molecule has 0 saturated carbocycles. The van der Waals surface area contributed by atoms with Gasteiger partial charge in [-0.2, -0.15) is 5.10 Å². The van der Waals surface area contributed by atoms with Crippen LogP contribution in [0.4, 0.5) is 10.1 Å². The number of halogens is 1. The van der Waals surface area contributed by atoms with Crippen molar-refractivity contribution in [3.8, 4) is 0 Å². The molecule has 1 atom stereocenters. The molecule has 5 nitrogen and oxygen atoms in total. The first-order chi connectivity index (χ1) is 9.20. The summed E-state index contributed by atoms with van der Waals surface area (Å²) in [7, 11) is 0. The minimum absolute atomic E-state index is 0.180. The predicted molar refractivity (Wildman–Crippen MR) is 69.5 cm³/mol. The van der Waals surface area contributed by atoms with E-state index in [1.165, 1.54) is 17.0 Å². The molecule has 0 aromatic heterocycles. The van der Waals surface area contributed by atoms with E-state index < -0.39 is 6.17 Å². The number of hydrogen-bond donors (Lipinski definition) is 1. The van der Waals surface area contributed by atoms with Crippen LogP contribution in [0.2, 0.25) is 0 Å². The van der Waals surface area contributed by atoms with Crippen LogP contribution in [0.5, 0.6) is 0 Å². The Hall–Kier alpha value is -2.37. The summed E-state index contributed by atoms with van der Waals surface area (Å²) < 4.78 is 13.2. The molecule has 98 valence electrons. The van der Waals surface area contributed by atoms with Crippen molar-refractivity contribution >= 4 is 17.4 Å². The molecule has 0 aliphatic carbocycles. The first kappa shape index (κ1) is 11.7. The summed E-state index contributed by atoms with van der Waals surface area (Å²) in [6, 6.07) is 5.94. The zero-order valence-corrected chi connectivity index (χ0v) is 10.4. The van der Waals surface area contributed by atoms with Crippen LogP contribution in [0.3, 0.4) is 0 Å². The van der Waals surface area contributed by atoms with Gasteiger partial charge in [0, 0.05) is 18.8 Å². The maximum Gasteiger partial charge on any atom is 0.276 e. The number of rotatable bonds is 2. The third-order valence-electron chi connectivity index (χ3n) is 3.14. The van der Waals surface area contributed by atoms with Crippen LogP contribution < -0.4 is 10.3 Å². The van der Waals surface area contributed by atoms with Crippen molar-refractivity contribution in [2.45, 2.75) is 19.5 Å². The molecule has 1 N–H and O–H groups in total. The second kappa shape index (κ2) is 4.38. The molecule has 1 aromatic rings. The lowest BCUT2D eigenvalue weighted by Crippen LogP contribution is -2.52. The lowest BCUT2D eigenvalue weighted by atomic mass is 10.2. The highest BCUT2D eigenvalue weighted by Crippen LogP contribution is 2.23. The molecule has 3 rings (SSSR count). The minimum atomic E-state index is -0.539. The van der Waals surface area contributed by atoms with Crippen molar-refractivity contribution < 1.29 is 9.18 Å². The number of amidine groups is 1. The first-order valence-corrected chi connectivity index (χ1v) is 6.08. The number of hydrazone groups is 1. The van der Waals surface area contributed by atoms with Crippen molar-refractivity contribution in [1.82, 2.24) is 10.3 Å². The van der Waals surface area contributed by atoms with E-state index in [1.807, 2.05) is 6.92 Å². The van der Waals surface area contributed by atoms with Gasteiger partial charge < -0.3 is 4.90 Å². The van der Waals surface area contributed by atoms with Crippen LogP contribution in [0.25, 0.3) is 0 Å². The zero-order chi connectivity index (χ0) is 13.4. The summed E-state index contributed by atoms with van der Waals surface area (Å²) in [6.07, 6.45) is 3.61. The monoisotopic (exact) mass is 260 g/mol. The summed E-state index contributed by atoms with van der Waals surface area (Å²) in [6.45, 7) is 1.97. The number of hydrogen-bond acceptors (Lipinski definition) is 4. The highest BCUT2D eigenvalue weighted by Gasteiger charge is 2.37. The molecule has 2 aliphatic heterocycles. The van der Waals surface area contributed by atoms with Crippen molar-refractivity contribution in [3.05, 3.63) is 42.5 Å². The molecule has 0 fully saturated rings. The molecule has 0 radical (unpaired) electrons. The summed E-state index contributed by atoms with van der Waals surface area (Å²) in [5.74, 6) is 0.264. The molecule has 0 bridgehead atoms. The molecule has 2 aliphatic rings. The van der Waals surface area contributed by atoms with Gasteiger partial charge in [-0.1, -0.05) is 13.0 Å². The summed E-state index contributed by atoms with van der Waals surface area (Å²) in [5.41, 5.74) is 3.31. The average Bonchev–Trinajstić information content (AvgIpc) is 2.83. The van der Waals surface area contributed by atoms with Crippen molar-refractivity contribution in [2.24, 2.45) is 5.10 Å². The summed E-state index contributed by atoms with van der Waals surface area (Å²) >= 11 is 0. The average molecular weight is 260 g/mol. The van der Waals surface area contributed by atoms with E-state index in [1.54, 1.807) is 29.4 Å². The van der Waals surface area contributed by atoms with Crippen molar-refractivity contribution in [3.63, 3.8) is 0 Å². The topological polar surface area (TPSA) is 47.9 Å². The molecule has 2 heterocycles. The third-order valence-corrected chi connectivity index (χ3v) is 3.14. The molecule has 1 aromatic carbocycles. The van der Waals surface area contributed by atoms with E-state index in [0.717, 1.165) is 12.3 Å². The van der Waals surface area contributed by atoms with Gasteiger partial charge in [0.05, 0.1) is 5.69 Å². The Balaban J connectivity index is 1.91. The molecule has 19 heavy (non-hydrogen) atoms. The fourth-order valence-corrected chi connectivity index (χ4v) is 2.20. The smallest absolute Gasteiger partial charge is 0.276 e. The quantitative estimate of drug-likeness (QED) is 0.878. The summed E-state index contributed by atoms with van der Waals surface area (Å²) in [4.78, 5) is 15.6. The second-order valence-corrected chi connectivity index (χ2v) is 4.31. The fraction of sp³-hybridized carbons (Fsp3) is 0.231. The van der Waals surface area contributed by atoms with Crippen LogP contribution in [-0.4, -0.2) is 22.8 Å². The largest absolute Gasteiger partial charge is 0.303 e. The Kier molecular flexibility index (Phi) is 2.70. The second-order valence-electron chi connectivity index (χ2n) is 4.31. The van der Waals surface area contributed by atoms with Gasteiger partial charge in [0.15, 0.2) is 0 Å². The lowest BCUT2D eigenvalue weighted by Gasteiger charge is -2.32. The standard InChI is InChI=1S/C13H13FN4O/c1-2-11-15-16-12-13(19)17(6-7-18(11)12)10-5-3-4-9(14)8-10/h3-8,12,16H,2H2,1H3. The van der Waals surface area contributed by atoms with Gasteiger partial charge in [-0.05, 0) is 18.2 Å². The molecule has 0 saturated heterocycles. The number of carbonyl (C=O) groups excluding carboxylic acids is 1. The van der Waals surface area contributed by atoms with E-state index in [-0.39, 0.29) is 11.7 Å². The third kappa shape index (κ3) is 1.85. The van der Waals surface area contributed by atoms with Crippen molar-refractivity contribution in [2.75, 3.05) is 4.90 Å². The van der Waals surface area contributed by atoms with Crippen LogP contribution in [0.1, 0.15) is 13.3 Å². The highest BCUT2D eigenvalue weighted by molar-refractivity contribution is 6.03. The number of anilines is 1. The zero-order valence-electron chi connectivity index (χ0n) is 10.4. The number of nitrogens with zero attached hydrogens (tertiary/aromatic N) is 3. The number of fused-ring (bicyclic) bond motifs is 1.